The zero-order chi connectivity index (χ0) is 25.8. The van der Waals surface area contributed by atoms with Crippen molar-refractivity contribution in [2.45, 2.75) is 25.6 Å². The molecule has 0 aliphatic rings. The van der Waals surface area contributed by atoms with Crippen LogP contribution >= 0.6 is 0 Å². The van der Waals surface area contributed by atoms with Gasteiger partial charge in [-0.3, -0.25) is 0 Å². The minimum atomic E-state index is -4.59. The molecule has 1 atom stereocenters. The summed E-state index contributed by atoms with van der Waals surface area (Å²) < 4.78 is 61.4. The monoisotopic (exact) mass is 509 g/mol. The van der Waals surface area contributed by atoms with E-state index in [0.717, 1.165) is 24.1 Å². The van der Waals surface area contributed by atoms with Crippen molar-refractivity contribution in [1.82, 2.24) is 15.0 Å². The van der Waals surface area contributed by atoms with Gasteiger partial charge in [0.2, 0.25) is 5.95 Å². The van der Waals surface area contributed by atoms with Gasteiger partial charge in [-0.2, -0.15) is 13.2 Å². The second-order valence-corrected chi connectivity index (χ2v) is 10.1. The number of benzene rings is 1. The van der Waals surface area contributed by atoms with Crippen LogP contribution in [0.5, 0.6) is 0 Å². The molecule has 35 heavy (non-hydrogen) atoms. The zero-order valence-corrected chi connectivity index (χ0v) is 19.5. The van der Waals surface area contributed by atoms with Gasteiger partial charge in [0.15, 0.2) is 0 Å². The maximum Gasteiger partial charge on any atom is 0.433 e. The Morgan fingerprint density at radius 3 is 2.46 bits per heavy atom. The molecule has 0 aliphatic carbocycles. The van der Waals surface area contributed by atoms with Gasteiger partial charge in [-0.15, -0.1) is 0 Å². The lowest BCUT2D eigenvalue weighted by Crippen LogP contribution is -2.31. The molecule has 3 N–H and O–H groups in total. The molecule has 1 unspecified atom stereocenters. The van der Waals surface area contributed by atoms with E-state index < -0.39 is 33.7 Å². The number of nitrogens with zero attached hydrogens (tertiary/aromatic N) is 3. The largest absolute Gasteiger partial charge is 0.480 e. The Kier molecular flexibility index (Phi) is 7.58. The Morgan fingerprint density at radius 1 is 1.11 bits per heavy atom. The average Bonchev–Trinajstić information content (AvgIpc) is 2.75. The number of pyridine rings is 1. The number of carbonyl (C=O) groups is 1. The summed E-state index contributed by atoms with van der Waals surface area (Å²) in [6, 6.07) is 8.13. The number of rotatable bonds is 9. The fourth-order valence-electron chi connectivity index (χ4n) is 3.15. The summed E-state index contributed by atoms with van der Waals surface area (Å²) in [7, 11) is -3.32. The van der Waals surface area contributed by atoms with Crippen LogP contribution in [-0.2, 0) is 20.8 Å². The molecule has 0 spiro atoms. The Hall–Kier alpha value is -3.74. The first kappa shape index (κ1) is 25.9. The predicted molar refractivity (Wildman–Crippen MR) is 124 cm³/mol. The molecule has 0 saturated carbocycles. The molecule has 9 nitrogen and oxygen atoms in total. The first-order valence-electron chi connectivity index (χ1n) is 10.2. The van der Waals surface area contributed by atoms with Crippen LogP contribution in [0.3, 0.4) is 0 Å². The van der Waals surface area contributed by atoms with E-state index in [9.17, 15) is 31.5 Å². The number of sulfone groups is 1. The van der Waals surface area contributed by atoms with Gasteiger partial charge in [0.05, 0.1) is 5.75 Å². The Labute approximate surface area is 199 Å². The van der Waals surface area contributed by atoms with Crippen LogP contribution in [0, 0.1) is 6.92 Å². The highest BCUT2D eigenvalue weighted by Crippen LogP contribution is 2.29. The number of anilines is 3. The van der Waals surface area contributed by atoms with Crippen LogP contribution in [0.15, 0.2) is 48.8 Å². The smallest absolute Gasteiger partial charge is 0.433 e. The molecule has 0 saturated heterocycles. The van der Waals surface area contributed by atoms with Gasteiger partial charge in [-0.25, -0.2) is 28.2 Å². The molecule has 3 aromatic rings. The lowest BCUT2D eigenvalue weighted by molar-refractivity contribution is -0.141. The first-order chi connectivity index (χ1) is 16.3. The van der Waals surface area contributed by atoms with Gasteiger partial charge in [0, 0.05) is 29.9 Å². The number of aryl methyl sites for hydroxylation is 1. The second kappa shape index (κ2) is 10.3. The lowest BCUT2D eigenvalue weighted by Gasteiger charge is -2.15. The summed E-state index contributed by atoms with van der Waals surface area (Å²) in [5.74, 6) is -1.45. The summed E-state index contributed by atoms with van der Waals surface area (Å²) in [6.45, 7) is 1.81. The van der Waals surface area contributed by atoms with Gasteiger partial charge < -0.3 is 15.7 Å². The van der Waals surface area contributed by atoms with E-state index in [1.165, 1.54) is 6.20 Å². The number of halogens is 3. The lowest BCUT2D eigenvalue weighted by atomic mass is 10.0. The average molecular weight is 510 g/mol. The third-order valence-electron chi connectivity index (χ3n) is 4.77. The number of carboxylic acids is 1. The third-order valence-corrected chi connectivity index (χ3v) is 5.75. The first-order valence-corrected chi connectivity index (χ1v) is 12.3. The number of aliphatic carboxylic acids is 1. The number of alkyl halides is 3. The molecule has 2 aromatic heterocycles. The number of nitrogens with one attached hydrogen (secondary N) is 2. The van der Waals surface area contributed by atoms with Crippen molar-refractivity contribution in [2.24, 2.45) is 0 Å². The van der Waals surface area contributed by atoms with Crippen molar-refractivity contribution in [2.75, 3.05) is 22.6 Å². The predicted octanol–water partition coefficient (Wildman–Crippen LogP) is 3.91. The topological polar surface area (TPSA) is 134 Å². The van der Waals surface area contributed by atoms with Crippen molar-refractivity contribution in [3.05, 3.63) is 60.0 Å². The van der Waals surface area contributed by atoms with Gasteiger partial charge in [-0.05, 0) is 54.8 Å². The number of carboxylic acid groups (broad SMARTS) is 1. The quantitative estimate of drug-likeness (QED) is 0.392. The zero-order valence-electron chi connectivity index (χ0n) is 18.7. The summed E-state index contributed by atoms with van der Waals surface area (Å²) in [4.78, 5) is 23.0. The molecular weight excluding hydrogens is 487 g/mol. The van der Waals surface area contributed by atoms with Crippen molar-refractivity contribution < 1.29 is 31.5 Å². The Morgan fingerprint density at radius 2 is 1.86 bits per heavy atom. The Balaban J connectivity index is 1.78. The molecule has 3 rings (SSSR count). The van der Waals surface area contributed by atoms with Crippen molar-refractivity contribution in [1.29, 1.82) is 0 Å². The molecule has 0 radical (unpaired) electrons. The van der Waals surface area contributed by atoms with E-state index >= 15 is 0 Å². The van der Waals surface area contributed by atoms with Gasteiger partial charge >= 0.3 is 12.1 Å². The molecule has 0 amide bonds. The summed E-state index contributed by atoms with van der Waals surface area (Å²) in [5, 5.41) is 14.8. The minimum absolute atomic E-state index is 0.123. The molecule has 186 valence electrons. The second-order valence-electron chi connectivity index (χ2n) is 7.86. The summed E-state index contributed by atoms with van der Waals surface area (Å²) in [6.07, 6.45) is -1.17. The van der Waals surface area contributed by atoms with Crippen LogP contribution in [0.25, 0.3) is 11.1 Å². The minimum Gasteiger partial charge on any atom is -0.480 e. The van der Waals surface area contributed by atoms with Gasteiger partial charge in [-0.1, -0.05) is 6.07 Å². The van der Waals surface area contributed by atoms with E-state index in [1.807, 2.05) is 13.0 Å². The van der Waals surface area contributed by atoms with Crippen LogP contribution in [0.2, 0.25) is 0 Å². The molecule has 0 fully saturated rings. The molecule has 13 heteroatoms. The highest BCUT2D eigenvalue weighted by molar-refractivity contribution is 7.90. The fraction of sp³-hybridized carbons (Fsp3) is 0.273. The van der Waals surface area contributed by atoms with E-state index in [0.29, 0.717) is 16.8 Å². The van der Waals surface area contributed by atoms with Crippen LogP contribution in [0.1, 0.15) is 17.7 Å². The molecule has 0 bridgehead atoms. The number of hydrogen-bond donors (Lipinski definition) is 3. The maximum atomic E-state index is 12.9. The van der Waals surface area contributed by atoms with Crippen LogP contribution in [-0.4, -0.2) is 52.5 Å². The number of aromatic nitrogens is 3. The van der Waals surface area contributed by atoms with E-state index in [1.54, 1.807) is 24.3 Å². The molecule has 1 aromatic carbocycles. The summed E-state index contributed by atoms with van der Waals surface area (Å²) in [5.41, 5.74) is 1.58. The van der Waals surface area contributed by atoms with E-state index in [2.05, 4.69) is 25.6 Å². The van der Waals surface area contributed by atoms with Crippen LogP contribution < -0.4 is 10.6 Å². The normalized spacial score (nSPS) is 12.7. The highest BCUT2D eigenvalue weighted by atomic mass is 32.2. The Bertz CT molecular complexity index is 1320. The van der Waals surface area contributed by atoms with E-state index in [4.69, 9.17) is 0 Å². The van der Waals surface area contributed by atoms with Gasteiger partial charge in [0.1, 0.15) is 27.4 Å². The van der Waals surface area contributed by atoms with Crippen molar-refractivity contribution in [3.63, 3.8) is 0 Å². The standard InChI is InChI=1S/C22H22F3N5O4S/c1-13-9-15(11-16(10-13)28-21-26-7-5-18(30-21)22(23,24)25)14-3-4-19(27-12-14)29-17(20(31)32)6-8-35(2,33)34/h3-5,7,9-12,17H,6,8H2,1-2H3,(H,27,29)(H,31,32)(H,26,28,30). The SMILES string of the molecule is Cc1cc(Nc2nccc(C(F)(F)F)n2)cc(-c2ccc(NC(CCS(C)(=O)=O)C(=O)O)nc2)c1. The van der Waals surface area contributed by atoms with Crippen molar-refractivity contribution >= 4 is 33.3 Å². The summed E-state index contributed by atoms with van der Waals surface area (Å²) >= 11 is 0. The number of hydrogen-bond acceptors (Lipinski definition) is 8. The van der Waals surface area contributed by atoms with Gasteiger partial charge in [0.25, 0.3) is 0 Å². The van der Waals surface area contributed by atoms with Crippen LogP contribution in [0.4, 0.5) is 30.6 Å². The molecule has 0 aliphatic heterocycles. The molecular formula is C22H22F3N5O4S. The highest BCUT2D eigenvalue weighted by Gasteiger charge is 2.32. The molecule has 2 heterocycles. The van der Waals surface area contributed by atoms with Crippen molar-refractivity contribution in [3.8, 4) is 11.1 Å². The third kappa shape index (κ3) is 7.64. The van der Waals surface area contributed by atoms with E-state index in [-0.39, 0.29) is 23.9 Å². The fourth-order valence-corrected chi connectivity index (χ4v) is 3.81. The maximum absolute atomic E-state index is 12.9.